The van der Waals surface area contributed by atoms with Crippen molar-refractivity contribution in [1.82, 2.24) is 4.57 Å². The van der Waals surface area contributed by atoms with Gasteiger partial charge in [0.15, 0.2) is 5.75 Å². The zero-order chi connectivity index (χ0) is 37.6. The van der Waals surface area contributed by atoms with Crippen molar-refractivity contribution in [1.29, 1.82) is 0 Å². The Labute approximate surface area is 327 Å². The second-order valence-corrected chi connectivity index (χ2v) is 19.1. The summed E-state index contributed by atoms with van der Waals surface area (Å²) in [5.41, 5.74) is 20.8. The van der Waals surface area contributed by atoms with E-state index in [1.54, 1.807) is 5.56 Å². The van der Waals surface area contributed by atoms with Gasteiger partial charge < -0.3 is 14.2 Å². The molecule has 5 aromatic carbocycles. The van der Waals surface area contributed by atoms with E-state index >= 15 is 0 Å². The van der Waals surface area contributed by atoms with E-state index in [0.29, 0.717) is 0 Å². The summed E-state index contributed by atoms with van der Waals surface area (Å²) in [5.74, 6) is 2.11. The summed E-state index contributed by atoms with van der Waals surface area (Å²) >= 11 is 0. The second kappa shape index (κ2) is 11.3. The van der Waals surface area contributed by atoms with Crippen LogP contribution in [0.3, 0.4) is 0 Å². The first-order valence-corrected chi connectivity index (χ1v) is 20.8. The van der Waals surface area contributed by atoms with Crippen molar-refractivity contribution in [2.24, 2.45) is 0 Å². The van der Waals surface area contributed by atoms with Crippen molar-refractivity contribution < 1.29 is 4.74 Å². The molecule has 55 heavy (non-hydrogen) atoms. The molecular weight excluding hydrogens is 667 g/mol. The molecule has 1 aromatic heterocycles. The van der Waals surface area contributed by atoms with Gasteiger partial charge in [-0.25, -0.2) is 0 Å². The number of fused-ring (bicyclic) bond motifs is 8. The molecule has 0 fully saturated rings. The number of ether oxygens (including phenoxy) is 1. The van der Waals surface area contributed by atoms with Gasteiger partial charge in [-0.05, 0) is 120 Å². The minimum atomic E-state index is -0.194. The molecule has 0 radical (unpaired) electrons. The van der Waals surface area contributed by atoms with Crippen LogP contribution in [0.2, 0.25) is 0 Å². The fourth-order valence-corrected chi connectivity index (χ4v) is 11.3. The van der Waals surface area contributed by atoms with Crippen LogP contribution in [0.15, 0.2) is 109 Å². The van der Waals surface area contributed by atoms with E-state index in [-0.39, 0.29) is 23.0 Å². The summed E-state index contributed by atoms with van der Waals surface area (Å²) < 4.78 is 9.16. The minimum absolute atomic E-state index is 0.0173. The molecule has 0 bridgehead atoms. The Morgan fingerprint density at radius 3 is 2.04 bits per heavy atom. The Hall–Kier alpha value is -4.96. The molecule has 2 aliphatic carbocycles. The predicted octanol–water partition coefficient (Wildman–Crippen LogP) is 10.5. The lowest BCUT2D eigenvalue weighted by atomic mass is 9.27. The molecule has 4 heterocycles. The zero-order valence-electron chi connectivity index (χ0n) is 33.6. The number of aryl methyl sites for hydroxylation is 1. The highest BCUT2D eigenvalue weighted by Gasteiger charge is 2.49. The SMILES string of the molecule is CC(C)(C)c1cc2c3c(c1)C(C)(C)c1cc(-n4c5c(c6ccccc64)CCC5)ccc1B3c1ccc(N3C4=C(CCCC4)Oc4ccccc43)cc1C2(C)C. The smallest absolute Gasteiger partial charge is 0.242 e. The highest BCUT2D eigenvalue weighted by molar-refractivity contribution is 6.97. The van der Waals surface area contributed by atoms with Crippen molar-refractivity contribution in [3.63, 3.8) is 0 Å². The third-order valence-electron chi connectivity index (χ3n) is 14.2. The number of anilines is 2. The summed E-state index contributed by atoms with van der Waals surface area (Å²) in [6.45, 7) is 17.3. The first-order valence-electron chi connectivity index (χ1n) is 20.8. The molecule has 0 unspecified atom stereocenters. The molecule has 11 rings (SSSR count). The molecule has 0 saturated heterocycles. The fourth-order valence-electron chi connectivity index (χ4n) is 11.3. The Balaban J connectivity index is 1.15. The van der Waals surface area contributed by atoms with Crippen LogP contribution in [0.25, 0.3) is 16.6 Å². The average molecular weight is 719 g/mol. The minimum Gasteiger partial charge on any atom is -0.458 e. The predicted molar refractivity (Wildman–Crippen MR) is 230 cm³/mol. The average Bonchev–Trinajstić information content (AvgIpc) is 3.77. The van der Waals surface area contributed by atoms with Gasteiger partial charge in [-0.3, -0.25) is 0 Å². The third-order valence-corrected chi connectivity index (χ3v) is 14.2. The van der Waals surface area contributed by atoms with Crippen LogP contribution in [0, 0.1) is 0 Å². The number of benzene rings is 5. The van der Waals surface area contributed by atoms with Gasteiger partial charge in [0.2, 0.25) is 6.71 Å². The number of nitrogens with zero attached hydrogens (tertiary/aromatic N) is 2. The molecule has 0 amide bonds. The Kier molecular flexibility index (Phi) is 6.87. The molecule has 5 aliphatic rings. The van der Waals surface area contributed by atoms with E-state index in [1.807, 2.05) is 0 Å². The highest BCUT2D eigenvalue weighted by atomic mass is 16.5. The van der Waals surface area contributed by atoms with Gasteiger partial charge in [0, 0.05) is 39.7 Å². The first-order chi connectivity index (χ1) is 26.4. The van der Waals surface area contributed by atoms with E-state index < -0.39 is 0 Å². The topological polar surface area (TPSA) is 17.4 Å². The molecular formula is C51H51BN2O. The van der Waals surface area contributed by atoms with Crippen molar-refractivity contribution in [2.75, 3.05) is 4.90 Å². The quantitative estimate of drug-likeness (QED) is 0.166. The lowest BCUT2D eigenvalue weighted by Gasteiger charge is -2.48. The maximum absolute atomic E-state index is 6.57. The van der Waals surface area contributed by atoms with Gasteiger partial charge in [-0.15, -0.1) is 0 Å². The molecule has 0 N–H and O–H groups in total. The van der Waals surface area contributed by atoms with Gasteiger partial charge >= 0.3 is 0 Å². The van der Waals surface area contributed by atoms with Crippen LogP contribution in [-0.2, 0) is 29.1 Å². The number of hydrogen-bond acceptors (Lipinski definition) is 2. The van der Waals surface area contributed by atoms with Gasteiger partial charge in [0.1, 0.15) is 5.76 Å². The molecule has 6 aromatic rings. The largest absolute Gasteiger partial charge is 0.458 e. The lowest BCUT2D eigenvalue weighted by molar-refractivity contribution is 0.363. The van der Waals surface area contributed by atoms with Crippen LogP contribution in [0.1, 0.15) is 120 Å². The summed E-state index contributed by atoms with van der Waals surface area (Å²) in [4.78, 5) is 2.53. The van der Waals surface area contributed by atoms with Crippen LogP contribution in [0.5, 0.6) is 5.75 Å². The number of hydrogen-bond donors (Lipinski definition) is 0. The fraction of sp³-hybridized carbons (Fsp3) is 0.333. The summed E-state index contributed by atoms with van der Waals surface area (Å²) in [5, 5.41) is 1.43. The summed E-state index contributed by atoms with van der Waals surface area (Å²) in [6, 6.07) is 37.8. The maximum atomic E-state index is 6.57. The van der Waals surface area contributed by atoms with Crippen molar-refractivity contribution in [3.05, 3.63) is 148 Å². The van der Waals surface area contributed by atoms with Crippen LogP contribution in [-0.4, -0.2) is 11.3 Å². The van der Waals surface area contributed by atoms with Crippen molar-refractivity contribution in [2.45, 2.75) is 110 Å². The molecule has 3 nitrogen and oxygen atoms in total. The van der Waals surface area contributed by atoms with E-state index in [0.717, 1.165) is 36.5 Å². The lowest BCUT2D eigenvalue weighted by Crippen LogP contribution is -2.66. The number of para-hydroxylation sites is 3. The Morgan fingerprint density at radius 1 is 0.636 bits per heavy atom. The van der Waals surface area contributed by atoms with Crippen molar-refractivity contribution in [3.8, 4) is 11.4 Å². The van der Waals surface area contributed by atoms with Crippen LogP contribution in [0.4, 0.5) is 11.4 Å². The van der Waals surface area contributed by atoms with E-state index in [4.69, 9.17) is 4.74 Å². The second-order valence-electron chi connectivity index (χ2n) is 19.1. The summed E-state index contributed by atoms with van der Waals surface area (Å²) in [6.07, 6.45) is 7.98. The van der Waals surface area contributed by atoms with E-state index in [2.05, 4.69) is 155 Å². The number of allylic oxidation sites excluding steroid dienone is 2. The molecule has 0 spiro atoms. The van der Waals surface area contributed by atoms with Crippen molar-refractivity contribution >= 4 is 45.4 Å². The molecule has 0 atom stereocenters. The Bertz CT molecular complexity index is 2660. The third kappa shape index (κ3) is 4.57. The van der Waals surface area contributed by atoms with Crippen LogP contribution >= 0.6 is 0 Å². The maximum Gasteiger partial charge on any atom is 0.242 e. The molecule has 0 saturated carbocycles. The van der Waals surface area contributed by atoms with Gasteiger partial charge in [0.05, 0.1) is 16.9 Å². The molecule has 274 valence electrons. The molecule has 3 aliphatic heterocycles. The van der Waals surface area contributed by atoms with Gasteiger partial charge in [-0.2, -0.15) is 0 Å². The number of rotatable bonds is 2. The van der Waals surface area contributed by atoms with E-state index in [9.17, 15) is 0 Å². The van der Waals surface area contributed by atoms with Gasteiger partial charge in [0.25, 0.3) is 0 Å². The Morgan fingerprint density at radius 2 is 1.29 bits per heavy atom. The van der Waals surface area contributed by atoms with Gasteiger partial charge in [-0.1, -0.05) is 119 Å². The number of aromatic nitrogens is 1. The zero-order valence-corrected chi connectivity index (χ0v) is 33.6. The molecule has 4 heteroatoms. The first kappa shape index (κ1) is 33.4. The standard InChI is InChI=1S/C51H51BN2O/c1-49(2,3)31-27-38-48-39(28-31)51(6,7)37-30-33(54-44-18-10-12-21-46(44)55-47-22-13-11-19-45(47)54)24-26-41(37)52(48)40-25-23-32(29-36(40)50(38,4)5)53-42-17-9-8-15-34(42)35-16-14-20-43(35)53/h8-10,12,15,17-18,21,23-30H,11,13-14,16,19-20,22H2,1-7H3. The van der Waals surface area contributed by atoms with Crippen LogP contribution < -0.4 is 26.0 Å². The summed E-state index contributed by atoms with van der Waals surface area (Å²) in [7, 11) is 0. The van der Waals surface area contributed by atoms with E-state index in [1.165, 1.54) is 104 Å². The highest BCUT2D eigenvalue weighted by Crippen LogP contribution is 2.49. The monoisotopic (exact) mass is 718 g/mol. The normalized spacial score (nSPS) is 18.6.